The minimum absolute atomic E-state index is 0.0604. The average molecular weight is 422 g/mol. The summed E-state index contributed by atoms with van der Waals surface area (Å²) in [5, 5.41) is 7.04. The Morgan fingerprint density at radius 1 is 1.03 bits per heavy atom. The van der Waals surface area contributed by atoms with Crippen LogP contribution in [-0.4, -0.2) is 53.6 Å². The number of benzene rings is 1. The van der Waals surface area contributed by atoms with Gasteiger partial charge >= 0.3 is 0 Å². The zero-order valence-electron chi connectivity index (χ0n) is 17.9. The molecule has 1 aliphatic rings. The topological polar surface area (TPSA) is 86.7 Å². The van der Waals surface area contributed by atoms with Crippen molar-refractivity contribution in [3.8, 4) is 0 Å². The minimum atomic E-state index is -0.203. The van der Waals surface area contributed by atoms with Gasteiger partial charge in [0.15, 0.2) is 0 Å². The molecule has 164 valence electrons. The van der Waals surface area contributed by atoms with Crippen LogP contribution in [0.2, 0.25) is 0 Å². The Morgan fingerprint density at radius 2 is 1.81 bits per heavy atom. The first-order valence-corrected chi connectivity index (χ1v) is 11.1. The standard InChI is InChI=1S/C24H31N5O2/c30-23(20-11-3-1-4-12-20)26-16-8-6-14-22(29-17-9-2-10-18-29)24(31)28-27-19-21-13-5-7-15-25-21/h1,3-5,7,11-13,15,19,22H,2,6,8-10,14,16-18H2,(H,26,30)(H,28,31)/b27-19+/t22-/m0/s1. The van der Waals surface area contributed by atoms with E-state index in [0.717, 1.165) is 45.2 Å². The van der Waals surface area contributed by atoms with Gasteiger partial charge < -0.3 is 5.32 Å². The van der Waals surface area contributed by atoms with Gasteiger partial charge in [0.1, 0.15) is 0 Å². The molecule has 0 unspecified atom stereocenters. The van der Waals surface area contributed by atoms with Gasteiger partial charge in [-0.05, 0) is 69.5 Å². The second kappa shape index (κ2) is 12.6. The molecule has 1 saturated heterocycles. The van der Waals surface area contributed by atoms with Gasteiger partial charge in [-0.15, -0.1) is 0 Å². The molecule has 2 amide bonds. The number of pyridine rings is 1. The number of carbonyl (C=O) groups is 2. The van der Waals surface area contributed by atoms with Crippen LogP contribution < -0.4 is 10.7 Å². The number of carbonyl (C=O) groups excluding carboxylic acids is 2. The second-order valence-corrected chi connectivity index (χ2v) is 7.72. The number of nitrogens with zero attached hydrogens (tertiary/aromatic N) is 3. The van der Waals surface area contributed by atoms with Crippen LogP contribution in [-0.2, 0) is 4.79 Å². The third-order valence-electron chi connectivity index (χ3n) is 5.42. The largest absolute Gasteiger partial charge is 0.352 e. The molecule has 2 N–H and O–H groups in total. The molecule has 1 aromatic heterocycles. The van der Waals surface area contributed by atoms with Crippen molar-refractivity contribution in [3.05, 3.63) is 66.0 Å². The monoisotopic (exact) mass is 421 g/mol. The first-order chi connectivity index (χ1) is 15.2. The summed E-state index contributed by atoms with van der Waals surface area (Å²) in [7, 11) is 0. The Morgan fingerprint density at radius 3 is 2.55 bits per heavy atom. The lowest BCUT2D eigenvalue weighted by Gasteiger charge is -2.33. The van der Waals surface area contributed by atoms with E-state index < -0.39 is 0 Å². The van der Waals surface area contributed by atoms with E-state index in [9.17, 15) is 9.59 Å². The van der Waals surface area contributed by atoms with Gasteiger partial charge in [0.05, 0.1) is 18.0 Å². The number of hydrazone groups is 1. The highest BCUT2D eigenvalue weighted by Crippen LogP contribution is 2.16. The predicted octanol–water partition coefficient (Wildman–Crippen LogP) is 2.99. The van der Waals surface area contributed by atoms with Gasteiger partial charge in [-0.25, -0.2) is 5.43 Å². The molecule has 2 heterocycles. The molecule has 31 heavy (non-hydrogen) atoms. The molecule has 3 rings (SSSR count). The fourth-order valence-electron chi connectivity index (χ4n) is 3.75. The maximum atomic E-state index is 12.8. The molecule has 1 fully saturated rings. The second-order valence-electron chi connectivity index (χ2n) is 7.72. The van der Waals surface area contributed by atoms with E-state index in [1.807, 2.05) is 36.4 Å². The van der Waals surface area contributed by atoms with Gasteiger partial charge in [-0.3, -0.25) is 19.5 Å². The SMILES string of the molecule is O=C(NCCCC[C@@H](C(=O)N/N=C/c1ccccn1)N1CCCCC1)c1ccccc1. The first kappa shape index (κ1) is 22.6. The van der Waals surface area contributed by atoms with Crippen LogP contribution in [0.25, 0.3) is 0 Å². The predicted molar refractivity (Wildman–Crippen MR) is 122 cm³/mol. The molecule has 0 bridgehead atoms. The van der Waals surface area contributed by atoms with E-state index in [4.69, 9.17) is 0 Å². The summed E-state index contributed by atoms with van der Waals surface area (Å²) in [5.74, 6) is -0.141. The molecule has 7 heteroatoms. The number of hydrogen-bond acceptors (Lipinski definition) is 5. The van der Waals surface area contributed by atoms with E-state index in [2.05, 4.69) is 25.7 Å². The molecular formula is C24H31N5O2. The lowest BCUT2D eigenvalue weighted by atomic mass is 10.0. The summed E-state index contributed by atoms with van der Waals surface area (Å²) < 4.78 is 0. The summed E-state index contributed by atoms with van der Waals surface area (Å²) in [6, 6.07) is 14.6. The smallest absolute Gasteiger partial charge is 0.257 e. The van der Waals surface area contributed by atoms with Gasteiger partial charge in [0, 0.05) is 18.3 Å². The molecule has 1 aliphatic heterocycles. The molecule has 0 aliphatic carbocycles. The van der Waals surface area contributed by atoms with Gasteiger partial charge in [0.2, 0.25) is 0 Å². The number of rotatable bonds is 10. The lowest BCUT2D eigenvalue weighted by molar-refractivity contribution is -0.127. The van der Waals surface area contributed by atoms with Crippen molar-refractivity contribution in [2.24, 2.45) is 5.10 Å². The highest BCUT2D eigenvalue weighted by Gasteiger charge is 2.26. The number of piperidine rings is 1. The van der Waals surface area contributed by atoms with Crippen molar-refractivity contribution in [2.75, 3.05) is 19.6 Å². The highest BCUT2D eigenvalue weighted by molar-refractivity contribution is 5.94. The van der Waals surface area contributed by atoms with Crippen LogP contribution in [0.15, 0.2) is 59.8 Å². The Balaban J connectivity index is 1.46. The Hall–Kier alpha value is -3.06. The molecule has 1 atom stereocenters. The number of likely N-dealkylation sites (tertiary alicyclic amines) is 1. The maximum absolute atomic E-state index is 12.8. The zero-order valence-corrected chi connectivity index (χ0v) is 17.9. The van der Waals surface area contributed by atoms with Crippen molar-refractivity contribution in [1.29, 1.82) is 0 Å². The molecule has 2 aromatic rings. The van der Waals surface area contributed by atoms with Gasteiger partial charge in [0.25, 0.3) is 11.8 Å². The summed E-state index contributed by atoms with van der Waals surface area (Å²) >= 11 is 0. The third kappa shape index (κ3) is 7.61. The van der Waals surface area contributed by atoms with Crippen molar-refractivity contribution in [3.63, 3.8) is 0 Å². The van der Waals surface area contributed by atoms with Crippen molar-refractivity contribution < 1.29 is 9.59 Å². The van der Waals surface area contributed by atoms with Crippen LogP contribution in [0.4, 0.5) is 0 Å². The number of aromatic nitrogens is 1. The van der Waals surface area contributed by atoms with E-state index in [-0.39, 0.29) is 17.9 Å². The van der Waals surface area contributed by atoms with Crippen LogP contribution in [0, 0.1) is 0 Å². The Labute approximate surface area is 183 Å². The van der Waals surface area contributed by atoms with Gasteiger partial charge in [-0.2, -0.15) is 5.10 Å². The zero-order chi connectivity index (χ0) is 21.7. The number of amides is 2. The summed E-state index contributed by atoms with van der Waals surface area (Å²) in [6.07, 6.45) is 9.13. The summed E-state index contributed by atoms with van der Waals surface area (Å²) in [6.45, 7) is 2.47. The van der Waals surface area contributed by atoms with Gasteiger partial charge in [-0.1, -0.05) is 30.7 Å². The van der Waals surface area contributed by atoms with E-state index in [1.54, 1.807) is 24.5 Å². The molecular weight excluding hydrogens is 390 g/mol. The lowest BCUT2D eigenvalue weighted by Crippen LogP contribution is -2.47. The number of nitrogens with one attached hydrogen (secondary N) is 2. The molecule has 0 spiro atoms. The molecule has 0 radical (unpaired) electrons. The number of hydrogen-bond donors (Lipinski definition) is 2. The first-order valence-electron chi connectivity index (χ1n) is 11.1. The van der Waals surface area contributed by atoms with E-state index in [1.165, 1.54) is 6.42 Å². The Bertz CT molecular complexity index is 836. The normalized spacial score (nSPS) is 15.5. The van der Waals surface area contributed by atoms with E-state index >= 15 is 0 Å². The fourth-order valence-corrected chi connectivity index (χ4v) is 3.75. The van der Waals surface area contributed by atoms with E-state index in [0.29, 0.717) is 17.8 Å². The minimum Gasteiger partial charge on any atom is -0.352 e. The summed E-state index contributed by atoms with van der Waals surface area (Å²) in [5.41, 5.74) is 4.05. The maximum Gasteiger partial charge on any atom is 0.257 e. The molecule has 0 saturated carbocycles. The molecule has 1 aromatic carbocycles. The van der Waals surface area contributed by atoms with Crippen LogP contribution in [0.3, 0.4) is 0 Å². The average Bonchev–Trinajstić information content (AvgIpc) is 2.83. The number of unbranched alkanes of at least 4 members (excludes halogenated alkanes) is 1. The molecule has 7 nitrogen and oxygen atoms in total. The highest BCUT2D eigenvalue weighted by atomic mass is 16.2. The fraction of sp³-hybridized carbons (Fsp3) is 0.417. The van der Waals surface area contributed by atoms with Crippen LogP contribution in [0.1, 0.15) is 54.6 Å². The van der Waals surface area contributed by atoms with Crippen LogP contribution in [0.5, 0.6) is 0 Å². The third-order valence-corrected chi connectivity index (χ3v) is 5.42. The van der Waals surface area contributed by atoms with Crippen molar-refractivity contribution in [2.45, 2.75) is 44.6 Å². The van der Waals surface area contributed by atoms with Crippen LogP contribution >= 0.6 is 0 Å². The summed E-state index contributed by atoms with van der Waals surface area (Å²) in [4.78, 5) is 31.4. The Kier molecular flexibility index (Phi) is 9.19. The quantitative estimate of drug-likeness (QED) is 0.351. The van der Waals surface area contributed by atoms with Crippen molar-refractivity contribution >= 4 is 18.0 Å². The van der Waals surface area contributed by atoms with Crippen molar-refractivity contribution in [1.82, 2.24) is 20.6 Å².